The third kappa shape index (κ3) is 3.74. The summed E-state index contributed by atoms with van der Waals surface area (Å²) in [4.78, 5) is 13.1. The summed E-state index contributed by atoms with van der Waals surface area (Å²) in [7, 11) is 0. The molecule has 2 rings (SSSR count). The lowest BCUT2D eigenvalue weighted by Crippen LogP contribution is -2.17. The number of aromatic nitrogens is 1. The molecule has 0 saturated carbocycles. The monoisotopic (exact) mass is 324 g/mol. The van der Waals surface area contributed by atoms with Gasteiger partial charge in [0.2, 0.25) is 0 Å². The Morgan fingerprint density at radius 1 is 1.48 bits per heavy atom. The molecule has 1 aromatic carbocycles. The predicted octanol–water partition coefficient (Wildman–Crippen LogP) is 4.98. The van der Waals surface area contributed by atoms with Crippen molar-refractivity contribution in [3.63, 3.8) is 0 Å². The molecule has 0 fully saturated rings. The summed E-state index contributed by atoms with van der Waals surface area (Å²) in [6.45, 7) is 5.68. The van der Waals surface area contributed by atoms with Crippen LogP contribution in [0.1, 0.15) is 36.1 Å². The summed E-state index contributed by atoms with van der Waals surface area (Å²) in [5, 5.41) is 3.36. The fourth-order valence-corrected chi connectivity index (χ4v) is 3.03. The van der Waals surface area contributed by atoms with Gasteiger partial charge in [0, 0.05) is 15.5 Å². The molecule has 1 unspecified atom stereocenters. The van der Waals surface area contributed by atoms with Gasteiger partial charge in [-0.25, -0.2) is 4.79 Å². The molecule has 0 aliphatic heterocycles. The molecular weight excluding hydrogens is 308 g/mol. The van der Waals surface area contributed by atoms with Crippen LogP contribution in [0, 0.1) is 6.92 Å². The number of hydrogen-bond acceptors (Lipinski definition) is 4. The zero-order chi connectivity index (χ0) is 15.4. The average molecular weight is 325 g/mol. The highest BCUT2D eigenvalue weighted by Gasteiger charge is 2.17. The van der Waals surface area contributed by atoms with Crippen LogP contribution < -0.4 is 5.32 Å². The third-order valence-electron chi connectivity index (χ3n) is 3.11. The van der Waals surface area contributed by atoms with Crippen molar-refractivity contribution in [2.75, 3.05) is 5.32 Å². The van der Waals surface area contributed by atoms with Crippen LogP contribution in [-0.2, 0) is 11.2 Å². The summed E-state index contributed by atoms with van der Waals surface area (Å²) >= 11 is 7.49. The molecule has 0 aliphatic rings. The minimum atomic E-state index is -0.500. The maximum Gasteiger partial charge on any atom is 0.412 e. The molecule has 112 valence electrons. The number of nitrogens with zero attached hydrogens (tertiary/aromatic N) is 1. The number of carbonyl (C=O) groups is 1. The van der Waals surface area contributed by atoms with E-state index in [1.54, 1.807) is 13.0 Å². The summed E-state index contributed by atoms with van der Waals surface area (Å²) in [5.74, 6) is 0. The van der Waals surface area contributed by atoms with Gasteiger partial charge in [0.25, 0.3) is 0 Å². The van der Waals surface area contributed by atoms with Gasteiger partial charge >= 0.3 is 6.09 Å². The maximum absolute atomic E-state index is 12.0. The highest BCUT2D eigenvalue weighted by atomic mass is 35.5. The first-order valence-corrected chi connectivity index (χ1v) is 7.85. The molecule has 0 radical (unpaired) electrons. The number of nitrogens with one attached hydrogen (secondary N) is 1. The Labute approximate surface area is 133 Å². The molecule has 1 N–H and O–H groups in total. The Balaban J connectivity index is 2.05. The van der Waals surface area contributed by atoms with E-state index in [1.807, 2.05) is 32.0 Å². The van der Waals surface area contributed by atoms with Crippen LogP contribution in [0.15, 0.2) is 24.3 Å². The smallest absolute Gasteiger partial charge is 0.412 e. The number of aryl methyl sites for hydroxylation is 2. The van der Waals surface area contributed by atoms with Gasteiger partial charge < -0.3 is 4.74 Å². The minimum absolute atomic E-state index is 0.421. The molecule has 1 heterocycles. The van der Waals surface area contributed by atoms with Gasteiger partial charge in [-0.2, -0.15) is 4.37 Å². The topological polar surface area (TPSA) is 51.2 Å². The molecular formula is C15H17ClN2O2S. The van der Waals surface area contributed by atoms with Gasteiger partial charge in [0.1, 0.15) is 6.10 Å². The number of rotatable bonds is 4. The van der Waals surface area contributed by atoms with Crippen molar-refractivity contribution in [3.05, 3.63) is 45.4 Å². The van der Waals surface area contributed by atoms with E-state index in [2.05, 4.69) is 9.69 Å². The van der Waals surface area contributed by atoms with Crippen LogP contribution >= 0.6 is 23.1 Å². The molecule has 0 aliphatic carbocycles. The Kier molecular flexibility index (Phi) is 5.20. The molecule has 0 saturated heterocycles. The summed E-state index contributed by atoms with van der Waals surface area (Å²) in [5.41, 5.74) is 2.34. The first kappa shape index (κ1) is 15.8. The van der Waals surface area contributed by atoms with Crippen molar-refractivity contribution >= 4 is 34.9 Å². The van der Waals surface area contributed by atoms with E-state index in [9.17, 15) is 4.79 Å². The summed E-state index contributed by atoms with van der Waals surface area (Å²) in [6.07, 6.45) is -0.0997. The van der Waals surface area contributed by atoms with Crippen molar-refractivity contribution < 1.29 is 9.53 Å². The van der Waals surface area contributed by atoms with E-state index < -0.39 is 12.2 Å². The van der Waals surface area contributed by atoms with Gasteiger partial charge in [-0.3, -0.25) is 5.32 Å². The van der Waals surface area contributed by atoms with Crippen LogP contribution in [-0.4, -0.2) is 10.5 Å². The van der Waals surface area contributed by atoms with Gasteiger partial charge in [0.05, 0.1) is 11.4 Å². The zero-order valence-electron chi connectivity index (χ0n) is 12.1. The Bertz CT molecular complexity index is 642. The first-order chi connectivity index (χ1) is 10.0. The highest BCUT2D eigenvalue weighted by molar-refractivity contribution is 7.06. The molecule has 0 spiro atoms. The van der Waals surface area contributed by atoms with Gasteiger partial charge in [0.15, 0.2) is 0 Å². The molecule has 1 amide bonds. The van der Waals surface area contributed by atoms with Crippen LogP contribution in [0.2, 0.25) is 5.02 Å². The predicted molar refractivity (Wildman–Crippen MR) is 86.2 cm³/mol. The number of hydrogen-bond donors (Lipinski definition) is 1. The molecule has 4 nitrogen and oxygen atoms in total. The van der Waals surface area contributed by atoms with Gasteiger partial charge in [-0.1, -0.05) is 36.7 Å². The number of ether oxygens (including phenoxy) is 1. The van der Waals surface area contributed by atoms with Crippen molar-refractivity contribution in [1.82, 2.24) is 4.37 Å². The third-order valence-corrected chi connectivity index (χ3v) is 4.53. The van der Waals surface area contributed by atoms with Crippen molar-refractivity contribution in [1.29, 1.82) is 0 Å². The van der Waals surface area contributed by atoms with Crippen molar-refractivity contribution in [2.24, 2.45) is 0 Å². The van der Waals surface area contributed by atoms with E-state index >= 15 is 0 Å². The van der Waals surface area contributed by atoms with E-state index in [0.29, 0.717) is 5.02 Å². The lowest BCUT2D eigenvalue weighted by atomic mass is 10.1. The largest absolute Gasteiger partial charge is 0.441 e. The van der Waals surface area contributed by atoms with Crippen LogP contribution in [0.25, 0.3) is 0 Å². The van der Waals surface area contributed by atoms with E-state index in [4.69, 9.17) is 16.3 Å². The second-order valence-corrected chi connectivity index (χ2v) is 5.88. The van der Waals surface area contributed by atoms with Crippen LogP contribution in [0.3, 0.4) is 0 Å². The SMILES string of the molecule is CCc1snc(C)c1NC(=O)OC(C)c1ccccc1Cl. The number of benzene rings is 1. The van der Waals surface area contributed by atoms with E-state index in [-0.39, 0.29) is 0 Å². The van der Waals surface area contributed by atoms with E-state index in [0.717, 1.165) is 28.2 Å². The Morgan fingerprint density at radius 2 is 2.19 bits per heavy atom. The molecule has 1 aromatic heterocycles. The normalized spacial score (nSPS) is 12.0. The molecule has 21 heavy (non-hydrogen) atoms. The number of carbonyl (C=O) groups excluding carboxylic acids is 1. The molecule has 0 bridgehead atoms. The standard InChI is InChI=1S/C15H17ClN2O2S/c1-4-13-14(9(2)18-21-13)17-15(19)20-10(3)11-7-5-6-8-12(11)16/h5-8,10H,4H2,1-3H3,(H,17,19). The van der Waals surface area contributed by atoms with Crippen LogP contribution in [0.4, 0.5) is 10.5 Å². The van der Waals surface area contributed by atoms with Crippen molar-refractivity contribution in [3.8, 4) is 0 Å². The van der Waals surface area contributed by atoms with E-state index in [1.165, 1.54) is 11.5 Å². The number of amides is 1. The fourth-order valence-electron chi connectivity index (χ4n) is 1.98. The quantitative estimate of drug-likeness (QED) is 0.863. The van der Waals surface area contributed by atoms with Gasteiger partial charge in [-0.05, 0) is 37.9 Å². The maximum atomic E-state index is 12.0. The zero-order valence-corrected chi connectivity index (χ0v) is 13.7. The lowest BCUT2D eigenvalue weighted by Gasteiger charge is -2.15. The van der Waals surface area contributed by atoms with Crippen LogP contribution in [0.5, 0.6) is 0 Å². The second-order valence-electron chi connectivity index (χ2n) is 4.61. The first-order valence-electron chi connectivity index (χ1n) is 6.70. The highest BCUT2D eigenvalue weighted by Crippen LogP contribution is 2.27. The number of anilines is 1. The summed E-state index contributed by atoms with van der Waals surface area (Å²) in [6, 6.07) is 7.32. The van der Waals surface area contributed by atoms with Gasteiger partial charge in [-0.15, -0.1) is 0 Å². The van der Waals surface area contributed by atoms with Crippen molar-refractivity contribution in [2.45, 2.75) is 33.3 Å². The number of halogens is 1. The Morgan fingerprint density at radius 3 is 2.86 bits per heavy atom. The average Bonchev–Trinajstić information content (AvgIpc) is 2.80. The molecule has 2 aromatic rings. The molecule has 1 atom stereocenters. The lowest BCUT2D eigenvalue weighted by molar-refractivity contribution is 0.121. The summed E-state index contributed by atoms with van der Waals surface area (Å²) < 4.78 is 9.63. The molecule has 6 heteroatoms. The Hall–Kier alpha value is -1.59. The fraction of sp³-hybridized carbons (Fsp3) is 0.333. The minimum Gasteiger partial charge on any atom is -0.441 e. The second kappa shape index (κ2) is 6.91.